The summed E-state index contributed by atoms with van der Waals surface area (Å²) in [6.07, 6.45) is -6.04. The number of ether oxygens (including phenoxy) is 2. The maximum absolute atomic E-state index is 13.4. The Kier molecular flexibility index (Phi) is 8.50. The first-order valence-electron chi connectivity index (χ1n) is 12.1. The first-order valence-corrected chi connectivity index (χ1v) is 14.3. The number of alkyl halides is 3. The number of hydrogen-bond acceptors (Lipinski definition) is 6. The summed E-state index contributed by atoms with van der Waals surface area (Å²) in [6, 6.07) is 15.6. The van der Waals surface area contributed by atoms with E-state index in [1.807, 2.05) is 30.3 Å². The van der Waals surface area contributed by atoms with Crippen LogP contribution in [0.2, 0.25) is 0 Å². The second kappa shape index (κ2) is 11.4. The molecule has 3 N–H and O–H groups in total. The van der Waals surface area contributed by atoms with Crippen LogP contribution >= 0.6 is 15.9 Å². The molecule has 4 rings (SSSR count). The average molecular weight is 643 g/mol. The van der Waals surface area contributed by atoms with E-state index < -0.39 is 50.7 Å². The molecule has 0 fully saturated rings. The Hall–Kier alpha value is -3.13. The molecule has 2 atom stereocenters. The van der Waals surface area contributed by atoms with Crippen molar-refractivity contribution in [1.29, 1.82) is 0 Å². The van der Waals surface area contributed by atoms with E-state index in [9.17, 15) is 31.5 Å². The third-order valence-electron chi connectivity index (χ3n) is 6.25. The Bertz CT molecular complexity index is 1500. The number of rotatable bonds is 8. The summed E-state index contributed by atoms with van der Waals surface area (Å²) < 4.78 is 78.1. The molecule has 0 bridgehead atoms. The summed E-state index contributed by atoms with van der Waals surface area (Å²) in [6.45, 7) is 3.40. The topological polar surface area (TPSA) is 114 Å². The molecule has 1 aliphatic rings. The monoisotopic (exact) mass is 642 g/mol. The van der Waals surface area contributed by atoms with Gasteiger partial charge < -0.3 is 19.9 Å². The first-order chi connectivity index (χ1) is 18.7. The van der Waals surface area contributed by atoms with Gasteiger partial charge in [0.15, 0.2) is 5.75 Å². The predicted molar refractivity (Wildman–Crippen MR) is 144 cm³/mol. The molecule has 1 heterocycles. The minimum atomic E-state index is -5.15. The lowest BCUT2D eigenvalue weighted by Gasteiger charge is -2.42. The molecule has 0 saturated carbocycles. The van der Waals surface area contributed by atoms with Crippen LogP contribution in [0.25, 0.3) is 0 Å². The summed E-state index contributed by atoms with van der Waals surface area (Å²) in [4.78, 5) is 12.1. The smallest absolute Gasteiger partial charge is 0.485 e. The zero-order valence-corrected chi connectivity index (χ0v) is 23.7. The van der Waals surface area contributed by atoms with Crippen molar-refractivity contribution in [1.82, 2.24) is 10.0 Å². The first kappa shape index (κ1) is 29.8. The molecule has 1 amide bonds. The molecule has 40 heavy (non-hydrogen) atoms. The summed E-state index contributed by atoms with van der Waals surface area (Å²) in [7, 11) is -4.70. The highest BCUT2D eigenvalue weighted by molar-refractivity contribution is 9.10. The third kappa shape index (κ3) is 6.95. The van der Waals surface area contributed by atoms with E-state index >= 15 is 0 Å². The van der Waals surface area contributed by atoms with Crippen molar-refractivity contribution in [2.45, 2.75) is 49.3 Å². The highest BCUT2D eigenvalue weighted by Gasteiger charge is 2.45. The standard InChI is InChI=1S/C27H26BrF3N2O6S/c1-26(2)24(34)23(33-40(36,37)22-11-9-18(28)15-21(22)39-27(29,30)31)19-14-17(8-10-20(19)38-26)25(35)32-13-12-16-6-4-3-5-7-16/h3-11,14-15,23-24,33-34H,12-13H2,1-2H3,(H,32,35). The lowest BCUT2D eigenvalue weighted by molar-refractivity contribution is -0.275. The van der Waals surface area contributed by atoms with E-state index in [0.717, 1.165) is 17.7 Å². The van der Waals surface area contributed by atoms with Crippen molar-refractivity contribution >= 4 is 31.9 Å². The second-order valence-corrected chi connectivity index (χ2v) is 12.2. The molecular formula is C27H26BrF3N2O6S. The van der Waals surface area contributed by atoms with Gasteiger partial charge in [0.25, 0.3) is 5.91 Å². The van der Waals surface area contributed by atoms with Crippen LogP contribution in [0.5, 0.6) is 11.5 Å². The maximum Gasteiger partial charge on any atom is 0.573 e. The lowest BCUT2D eigenvalue weighted by Crippen LogP contribution is -2.53. The molecule has 0 saturated heterocycles. The van der Waals surface area contributed by atoms with E-state index in [-0.39, 0.29) is 21.3 Å². The zero-order valence-electron chi connectivity index (χ0n) is 21.3. The summed E-state index contributed by atoms with van der Waals surface area (Å²) >= 11 is 3.01. The number of sulfonamides is 1. The van der Waals surface area contributed by atoms with Crippen LogP contribution in [0.1, 0.15) is 41.4 Å². The van der Waals surface area contributed by atoms with Crippen molar-refractivity contribution in [3.05, 3.63) is 87.9 Å². The van der Waals surface area contributed by atoms with E-state index in [1.165, 1.54) is 38.1 Å². The van der Waals surface area contributed by atoms with Crippen molar-refractivity contribution in [2.24, 2.45) is 0 Å². The molecule has 0 aliphatic carbocycles. The quantitative estimate of drug-likeness (QED) is 0.323. The molecule has 214 valence electrons. The number of amides is 1. The lowest BCUT2D eigenvalue weighted by atomic mass is 9.86. The molecule has 1 aliphatic heterocycles. The van der Waals surface area contributed by atoms with Gasteiger partial charge in [-0.05, 0) is 62.2 Å². The van der Waals surface area contributed by atoms with Gasteiger partial charge in [-0.1, -0.05) is 46.3 Å². The van der Waals surface area contributed by atoms with Crippen LogP contribution in [-0.4, -0.2) is 44.0 Å². The number of carbonyl (C=O) groups is 1. The number of hydrogen-bond donors (Lipinski definition) is 3. The molecule has 13 heteroatoms. The van der Waals surface area contributed by atoms with Gasteiger partial charge >= 0.3 is 6.36 Å². The third-order valence-corrected chi connectivity index (χ3v) is 8.23. The van der Waals surface area contributed by atoms with Crippen LogP contribution in [0.3, 0.4) is 0 Å². The van der Waals surface area contributed by atoms with Gasteiger partial charge in [-0.25, -0.2) is 13.1 Å². The normalized spacial score (nSPS) is 18.4. The van der Waals surface area contributed by atoms with E-state index in [0.29, 0.717) is 13.0 Å². The number of fused-ring (bicyclic) bond motifs is 1. The Morgan fingerprint density at radius 2 is 1.80 bits per heavy atom. The maximum atomic E-state index is 13.4. The molecule has 2 unspecified atom stereocenters. The van der Waals surface area contributed by atoms with Gasteiger partial charge in [-0.2, -0.15) is 0 Å². The number of nitrogens with one attached hydrogen (secondary N) is 2. The highest BCUT2D eigenvalue weighted by Crippen LogP contribution is 2.42. The minimum absolute atomic E-state index is 0.140. The Morgan fingerprint density at radius 1 is 1.10 bits per heavy atom. The molecule has 0 aromatic heterocycles. The Morgan fingerprint density at radius 3 is 2.48 bits per heavy atom. The van der Waals surface area contributed by atoms with Gasteiger partial charge in [0.2, 0.25) is 10.0 Å². The number of carbonyl (C=O) groups excluding carboxylic acids is 1. The van der Waals surface area contributed by atoms with E-state index in [4.69, 9.17) is 4.74 Å². The van der Waals surface area contributed by atoms with E-state index in [1.54, 1.807) is 0 Å². The number of aliphatic hydroxyl groups excluding tert-OH is 1. The van der Waals surface area contributed by atoms with Crippen LogP contribution < -0.4 is 19.5 Å². The Labute approximate surface area is 237 Å². The van der Waals surface area contributed by atoms with Gasteiger partial charge in [-0.15, -0.1) is 13.2 Å². The van der Waals surface area contributed by atoms with Crippen molar-refractivity contribution < 1.29 is 41.0 Å². The van der Waals surface area contributed by atoms with Gasteiger partial charge in [-0.3, -0.25) is 4.79 Å². The number of aliphatic hydroxyl groups is 1. The van der Waals surface area contributed by atoms with Crippen LogP contribution in [0, 0.1) is 0 Å². The average Bonchev–Trinajstić information content (AvgIpc) is 2.86. The van der Waals surface area contributed by atoms with E-state index in [2.05, 4.69) is 30.7 Å². The second-order valence-electron chi connectivity index (χ2n) is 9.63. The fraction of sp³-hybridized carbons (Fsp3) is 0.296. The molecule has 8 nitrogen and oxygen atoms in total. The van der Waals surface area contributed by atoms with Crippen LogP contribution in [-0.2, 0) is 16.4 Å². The highest BCUT2D eigenvalue weighted by atomic mass is 79.9. The van der Waals surface area contributed by atoms with Crippen LogP contribution in [0.15, 0.2) is 76.1 Å². The summed E-state index contributed by atoms with van der Waals surface area (Å²) in [5.74, 6) is -1.19. The fourth-order valence-electron chi connectivity index (χ4n) is 4.27. The number of benzene rings is 3. The molecule has 0 spiro atoms. The molecule has 3 aromatic carbocycles. The Balaban J connectivity index is 1.63. The van der Waals surface area contributed by atoms with Crippen molar-refractivity contribution in [3.8, 4) is 11.5 Å². The summed E-state index contributed by atoms with van der Waals surface area (Å²) in [5.41, 5.74) is 0.0611. The van der Waals surface area contributed by atoms with Gasteiger partial charge in [0.1, 0.15) is 22.4 Å². The largest absolute Gasteiger partial charge is 0.573 e. The summed E-state index contributed by atoms with van der Waals surface area (Å²) in [5, 5.41) is 13.9. The van der Waals surface area contributed by atoms with Crippen molar-refractivity contribution in [2.75, 3.05) is 6.54 Å². The SMILES string of the molecule is CC1(C)Oc2ccc(C(=O)NCCc3ccccc3)cc2C(NS(=O)(=O)c2ccc(Br)cc2OC(F)(F)F)C1O. The fourth-order valence-corrected chi connectivity index (χ4v) is 5.94. The van der Waals surface area contributed by atoms with Gasteiger partial charge in [0, 0.05) is 22.1 Å². The molecule has 3 aromatic rings. The van der Waals surface area contributed by atoms with Gasteiger partial charge in [0.05, 0.1) is 6.04 Å². The minimum Gasteiger partial charge on any atom is -0.485 e. The van der Waals surface area contributed by atoms with Crippen LogP contribution in [0.4, 0.5) is 13.2 Å². The zero-order chi connectivity index (χ0) is 29.3. The predicted octanol–water partition coefficient (Wildman–Crippen LogP) is 4.87. The number of halogens is 4. The molecule has 0 radical (unpaired) electrons. The van der Waals surface area contributed by atoms with Crippen molar-refractivity contribution in [3.63, 3.8) is 0 Å². The molecular weight excluding hydrogens is 617 g/mol.